The topological polar surface area (TPSA) is 78.4 Å². The number of aliphatic carboxylic acids is 1. The van der Waals surface area contributed by atoms with Crippen LogP contribution in [0.3, 0.4) is 0 Å². The molecule has 0 spiro atoms. The Bertz CT molecular complexity index is 231. The number of carbonyl (C=O) groups is 2. The molecule has 0 aromatic heterocycles. The molecule has 2 amide bonds. The lowest BCUT2D eigenvalue weighted by Gasteiger charge is -2.13. The van der Waals surface area contributed by atoms with E-state index in [1.807, 2.05) is 0 Å². The maximum Gasteiger partial charge on any atom is 0.314 e. The van der Waals surface area contributed by atoms with Crippen molar-refractivity contribution in [2.75, 3.05) is 13.1 Å². The molecule has 0 aliphatic carbocycles. The third-order valence-corrected chi connectivity index (χ3v) is 2.44. The zero-order chi connectivity index (χ0) is 12.6. The molecule has 0 radical (unpaired) electrons. The van der Waals surface area contributed by atoms with Crippen LogP contribution in [0, 0.1) is 11.8 Å². The van der Waals surface area contributed by atoms with E-state index < -0.39 is 5.97 Å². The van der Waals surface area contributed by atoms with Crippen molar-refractivity contribution in [1.29, 1.82) is 0 Å². The second-order valence-corrected chi connectivity index (χ2v) is 4.31. The molecule has 2 unspecified atom stereocenters. The minimum Gasteiger partial charge on any atom is -0.481 e. The van der Waals surface area contributed by atoms with Gasteiger partial charge >= 0.3 is 12.0 Å². The summed E-state index contributed by atoms with van der Waals surface area (Å²) in [6.45, 7) is 6.96. The van der Waals surface area contributed by atoms with Crippen LogP contribution in [0.2, 0.25) is 0 Å². The van der Waals surface area contributed by atoms with E-state index in [0.29, 0.717) is 19.0 Å². The van der Waals surface area contributed by atoms with Crippen molar-refractivity contribution >= 4 is 12.0 Å². The summed E-state index contributed by atoms with van der Waals surface area (Å²) in [6.07, 6.45) is 1.10. The molecule has 0 heterocycles. The van der Waals surface area contributed by atoms with Crippen molar-refractivity contribution in [1.82, 2.24) is 10.6 Å². The number of hydrogen-bond donors (Lipinski definition) is 3. The van der Waals surface area contributed by atoms with Crippen molar-refractivity contribution in [3.05, 3.63) is 0 Å². The zero-order valence-electron chi connectivity index (χ0n) is 10.2. The van der Waals surface area contributed by atoms with Crippen LogP contribution in [-0.2, 0) is 4.79 Å². The van der Waals surface area contributed by atoms with Gasteiger partial charge in [-0.1, -0.05) is 27.2 Å². The Labute approximate surface area is 96.6 Å². The zero-order valence-corrected chi connectivity index (χ0v) is 10.2. The van der Waals surface area contributed by atoms with E-state index in [9.17, 15) is 9.59 Å². The fraction of sp³-hybridized carbons (Fsp3) is 0.818. The maximum absolute atomic E-state index is 11.3. The van der Waals surface area contributed by atoms with Gasteiger partial charge in [0.1, 0.15) is 0 Å². The van der Waals surface area contributed by atoms with Gasteiger partial charge < -0.3 is 15.7 Å². The first-order chi connectivity index (χ1) is 7.45. The number of urea groups is 1. The molecule has 0 saturated carbocycles. The van der Waals surface area contributed by atoms with Crippen molar-refractivity contribution in [3.8, 4) is 0 Å². The smallest absolute Gasteiger partial charge is 0.314 e. The van der Waals surface area contributed by atoms with Crippen LogP contribution in [0.15, 0.2) is 0 Å². The lowest BCUT2D eigenvalue weighted by molar-refractivity contribution is -0.137. The Hall–Kier alpha value is -1.26. The highest BCUT2D eigenvalue weighted by atomic mass is 16.4. The van der Waals surface area contributed by atoms with Crippen molar-refractivity contribution < 1.29 is 14.7 Å². The van der Waals surface area contributed by atoms with Crippen LogP contribution in [-0.4, -0.2) is 30.2 Å². The van der Waals surface area contributed by atoms with Gasteiger partial charge in [-0.25, -0.2) is 4.79 Å². The molecule has 0 aromatic carbocycles. The summed E-state index contributed by atoms with van der Waals surface area (Å²) in [5.74, 6) is -0.427. The Morgan fingerprint density at radius 3 is 2.06 bits per heavy atom. The Kier molecular flexibility index (Phi) is 7.33. The number of hydrogen-bond acceptors (Lipinski definition) is 2. The van der Waals surface area contributed by atoms with Gasteiger partial charge in [0.15, 0.2) is 0 Å². The number of carbonyl (C=O) groups excluding carboxylic acids is 1. The Morgan fingerprint density at radius 2 is 1.62 bits per heavy atom. The molecular weight excluding hydrogens is 208 g/mol. The third-order valence-electron chi connectivity index (χ3n) is 2.44. The molecule has 2 atom stereocenters. The van der Waals surface area contributed by atoms with Gasteiger partial charge in [0.25, 0.3) is 0 Å². The van der Waals surface area contributed by atoms with E-state index in [-0.39, 0.29) is 18.4 Å². The Morgan fingerprint density at radius 1 is 1.12 bits per heavy atom. The van der Waals surface area contributed by atoms with E-state index in [0.717, 1.165) is 6.42 Å². The predicted molar refractivity (Wildman–Crippen MR) is 62.3 cm³/mol. The molecular formula is C11H22N2O3. The summed E-state index contributed by atoms with van der Waals surface area (Å²) in [5, 5.41) is 13.9. The van der Waals surface area contributed by atoms with Gasteiger partial charge in [-0.15, -0.1) is 0 Å². The average Bonchev–Trinajstić information content (AvgIpc) is 2.22. The van der Waals surface area contributed by atoms with Gasteiger partial charge in [-0.3, -0.25) is 4.79 Å². The second-order valence-electron chi connectivity index (χ2n) is 4.31. The SMILES string of the molecule is CCC(C)CNC(=O)NCC(C)CC(=O)O. The molecule has 0 fully saturated rings. The van der Waals surface area contributed by atoms with E-state index in [2.05, 4.69) is 24.5 Å². The third kappa shape index (κ3) is 8.08. The molecule has 3 N–H and O–H groups in total. The first kappa shape index (κ1) is 14.7. The van der Waals surface area contributed by atoms with Gasteiger partial charge in [0, 0.05) is 19.5 Å². The van der Waals surface area contributed by atoms with Crippen LogP contribution < -0.4 is 10.6 Å². The van der Waals surface area contributed by atoms with Crippen molar-refractivity contribution in [3.63, 3.8) is 0 Å². The predicted octanol–water partition coefficient (Wildman–Crippen LogP) is 1.44. The summed E-state index contributed by atoms with van der Waals surface area (Å²) >= 11 is 0. The monoisotopic (exact) mass is 230 g/mol. The van der Waals surface area contributed by atoms with E-state index in [1.165, 1.54) is 0 Å². The lowest BCUT2D eigenvalue weighted by Crippen LogP contribution is -2.39. The number of rotatable bonds is 7. The average molecular weight is 230 g/mol. The van der Waals surface area contributed by atoms with Crippen LogP contribution in [0.5, 0.6) is 0 Å². The highest BCUT2D eigenvalue weighted by Crippen LogP contribution is 1.99. The second kappa shape index (κ2) is 7.96. The summed E-state index contributed by atoms with van der Waals surface area (Å²) in [7, 11) is 0. The largest absolute Gasteiger partial charge is 0.481 e. The summed E-state index contributed by atoms with van der Waals surface area (Å²) in [5.41, 5.74) is 0. The molecule has 94 valence electrons. The first-order valence-corrected chi connectivity index (χ1v) is 5.69. The summed E-state index contributed by atoms with van der Waals surface area (Å²) < 4.78 is 0. The number of carboxylic acid groups (broad SMARTS) is 1. The molecule has 0 aromatic rings. The molecule has 16 heavy (non-hydrogen) atoms. The maximum atomic E-state index is 11.3. The number of amides is 2. The van der Waals surface area contributed by atoms with Crippen LogP contribution in [0.1, 0.15) is 33.6 Å². The van der Waals surface area contributed by atoms with Crippen molar-refractivity contribution in [2.45, 2.75) is 33.6 Å². The normalized spacial score (nSPS) is 13.9. The molecule has 0 rings (SSSR count). The van der Waals surface area contributed by atoms with E-state index in [1.54, 1.807) is 6.92 Å². The van der Waals surface area contributed by atoms with Gasteiger partial charge in [-0.2, -0.15) is 0 Å². The molecule has 0 aliphatic heterocycles. The quantitative estimate of drug-likeness (QED) is 0.619. The van der Waals surface area contributed by atoms with Crippen LogP contribution >= 0.6 is 0 Å². The standard InChI is InChI=1S/C11H22N2O3/c1-4-8(2)6-12-11(16)13-7-9(3)5-10(14)15/h8-9H,4-7H2,1-3H3,(H,14,15)(H2,12,13,16). The minimum atomic E-state index is -0.839. The molecule has 0 aliphatic rings. The first-order valence-electron chi connectivity index (χ1n) is 5.69. The Balaban J connectivity index is 3.61. The van der Waals surface area contributed by atoms with E-state index in [4.69, 9.17) is 5.11 Å². The fourth-order valence-corrected chi connectivity index (χ4v) is 1.11. The van der Waals surface area contributed by atoms with Crippen LogP contribution in [0.25, 0.3) is 0 Å². The van der Waals surface area contributed by atoms with Gasteiger partial charge in [0.2, 0.25) is 0 Å². The molecule has 5 nitrogen and oxygen atoms in total. The highest BCUT2D eigenvalue weighted by Gasteiger charge is 2.09. The highest BCUT2D eigenvalue weighted by molar-refractivity contribution is 5.74. The van der Waals surface area contributed by atoms with Gasteiger partial charge in [-0.05, 0) is 11.8 Å². The summed E-state index contributed by atoms with van der Waals surface area (Å²) in [4.78, 5) is 21.7. The van der Waals surface area contributed by atoms with Crippen LogP contribution in [0.4, 0.5) is 4.79 Å². The van der Waals surface area contributed by atoms with E-state index >= 15 is 0 Å². The molecule has 5 heteroatoms. The lowest BCUT2D eigenvalue weighted by atomic mass is 10.1. The number of carboxylic acids is 1. The molecule has 0 saturated heterocycles. The number of nitrogens with one attached hydrogen (secondary N) is 2. The van der Waals surface area contributed by atoms with Crippen molar-refractivity contribution in [2.24, 2.45) is 11.8 Å². The summed E-state index contributed by atoms with van der Waals surface area (Å²) in [6, 6.07) is -0.225. The molecule has 0 bridgehead atoms. The fourth-order valence-electron chi connectivity index (χ4n) is 1.11. The minimum absolute atomic E-state index is 0.0492. The van der Waals surface area contributed by atoms with Gasteiger partial charge in [0.05, 0.1) is 0 Å².